The summed E-state index contributed by atoms with van der Waals surface area (Å²) < 4.78 is 43.9. The van der Waals surface area contributed by atoms with Crippen molar-refractivity contribution in [2.45, 2.75) is 25.4 Å². The molecule has 2 fully saturated rings. The summed E-state index contributed by atoms with van der Waals surface area (Å²) >= 11 is 0. The van der Waals surface area contributed by atoms with Crippen LogP contribution < -0.4 is 14.5 Å². The van der Waals surface area contributed by atoms with Gasteiger partial charge in [0.05, 0.1) is 5.56 Å². The Hall–Kier alpha value is -3.30. The standard InChI is InChI=1S/C23H25F3N4O3/c24-23(25,26)17-4-9-20(27-15-17)28-10-2-11-29(14-13-28)22(32)16-33-19-7-5-18(6-8-19)30-12-1-3-21(30)31/h4-9,15H,1-3,10-14,16H2. The molecule has 10 heteroatoms. The van der Waals surface area contributed by atoms with Crippen LogP contribution in [0.1, 0.15) is 24.8 Å². The number of carbonyl (C=O) groups excluding carboxylic acids is 2. The molecule has 0 N–H and O–H groups in total. The van der Waals surface area contributed by atoms with Gasteiger partial charge in [-0.05, 0) is 49.2 Å². The molecular weight excluding hydrogens is 437 g/mol. The number of hydrogen-bond acceptors (Lipinski definition) is 5. The first-order chi connectivity index (χ1) is 15.8. The van der Waals surface area contributed by atoms with Crippen molar-refractivity contribution in [2.24, 2.45) is 0 Å². The van der Waals surface area contributed by atoms with Gasteiger partial charge in [-0.15, -0.1) is 0 Å². The Balaban J connectivity index is 1.27. The zero-order valence-corrected chi connectivity index (χ0v) is 18.1. The van der Waals surface area contributed by atoms with Gasteiger partial charge in [0.2, 0.25) is 5.91 Å². The molecule has 1 aromatic heterocycles. The maximum absolute atomic E-state index is 12.7. The maximum Gasteiger partial charge on any atom is 0.417 e. The summed E-state index contributed by atoms with van der Waals surface area (Å²) in [5.41, 5.74) is 0.0377. The number of alkyl halides is 3. The topological polar surface area (TPSA) is 66.0 Å². The molecule has 2 aliphatic heterocycles. The molecule has 2 aromatic rings. The average Bonchev–Trinajstić information content (AvgIpc) is 3.08. The Morgan fingerprint density at radius 1 is 0.970 bits per heavy atom. The van der Waals surface area contributed by atoms with Gasteiger partial charge in [-0.25, -0.2) is 4.98 Å². The molecule has 2 saturated heterocycles. The second-order valence-electron chi connectivity index (χ2n) is 8.06. The number of rotatable bonds is 5. The summed E-state index contributed by atoms with van der Waals surface area (Å²) in [5.74, 6) is 0.964. The van der Waals surface area contributed by atoms with Crippen molar-refractivity contribution in [3.8, 4) is 5.75 Å². The Bertz CT molecular complexity index is 980. The molecule has 4 rings (SSSR count). The third kappa shape index (κ3) is 5.55. The minimum atomic E-state index is -4.42. The molecule has 33 heavy (non-hydrogen) atoms. The van der Waals surface area contributed by atoms with Gasteiger partial charge in [-0.2, -0.15) is 13.2 Å². The highest BCUT2D eigenvalue weighted by Gasteiger charge is 2.31. The Labute approximate surface area is 189 Å². The van der Waals surface area contributed by atoms with E-state index < -0.39 is 11.7 Å². The molecule has 0 bridgehead atoms. The predicted octanol–water partition coefficient (Wildman–Crippen LogP) is 3.34. The highest BCUT2D eigenvalue weighted by Crippen LogP contribution is 2.29. The summed E-state index contributed by atoms with van der Waals surface area (Å²) in [6.45, 7) is 2.64. The molecule has 0 atom stereocenters. The van der Waals surface area contributed by atoms with E-state index in [0.29, 0.717) is 57.1 Å². The summed E-state index contributed by atoms with van der Waals surface area (Å²) in [6, 6.07) is 9.49. The van der Waals surface area contributed by atoms with Gasteiger partial charge >= 0.3 is 6.18 Å². The molecule has 2 aliphatic rings. The van der Waals surface area contributed by atoms with Gasteiger partial charge in [0, 0.05) is 51.0 Å². The lowest BCUT2D eigenvalue weighted by molar-refractivity contribution is -0.138. The van der Waals surface area contributed by atoms with Crippen molar-refractivity contribution in [1.82, 2.24) is 9.88 Å². The van der Waals surface area contributed by atoms with Crippen LogP contribution in [0, 0.1) is 0 Å². The largest absolute Gasteiger partial charge is 0.484 e. The van der Waals surface area contributed by atoms with Gasteiger partial charge < -0.3 is 19.4 Å². The maximum atomic E-state index is 12.7. The summed E-state index contributed by atoms with van der Waals surface area (Å²) in [5, 5.41) is 0. The van der Waals surface area contributed by atoms with Gasteiger partial charge in [0.1, 0.15) is 11.6 Å². The summed E-state index contributed by atoms with van der Waals surface area (Å²) in [4.78, 5) is 33.7. The Kier molecular flexibility index (Phi) is 6.71. The van der Waals surface area contributed by atoms with E-state index in [2.05, 4.69) is 4.98 Å². The molecule has 0 radical (unpaired) electrons. The van der Waals surface area contributed by atoms with Crippen LogP contribution in [0.5, 0.6) is 5.75 Å². The summed E-state index contributed by atoms with van der Waals surface area (Å²) in [6.07, 6.45) is -1.49. The van der Waals surface area contributed by atoms with E-state index >= 15 is 0 Å². The van der Waals surface area contributed by atoms with E-state index in [4.69, 9.17) is 4.74 Å². The van der Waals surface area contributed by atoms with E-state index in [1.54, 1.807) is 21.9 Å². The Morgan fingerprint density at radius 3 is 2.39 bits per heavy atom. The molecule has 0 saturated carbocycles. The predicted molar refractivity (Wildman–Crippen MR) is 116 cm³/mol. The second kappa shape index (κ2) is 9.68. The van der Waals surface area contributed by atoms with E-state index in [0.717, 1.165) is 24.4 Å². The number of nitrogens with zero attached hydrogens (tertiary/aromatic N) is 4. The highest BCUT2D eigenvalue weighted by molar-refractivity contribution is 5.95. The lowest BCUT2D eigenvalue weighted by Crippen LogP contribution is -2.38. The van der Waals surface area contributed by atoms with Crippen molar-refractivity contribution < 1.29 is 27.5 Å². The molecular formula is C23H25F3N4O3. The number of halogens is 3. The van der Waals surface area contributed by atoms with Gasteiger partial charge in [0.15, 0.2) is 6.61 Å². The molecule has 7 nitrogen and oxygen atoms in total. The minimum Gasteiger partial charge on any atom is -0.484 e. The highest BCUT2D eigenvalue weighted by atomic mass is 19.4. The van der Waals surface area contributed by atoms with Crippen molar-refractivity contribution >= 4 is 23.3 Å². The third-order valence-corrected chi connectivity index (χ3v) is 5.83. The molecule has 176 valence electrons. The molecule has 3 heterocycles. The fourth-order valence-corrected chi connectivity index (χ4v) is 4.02. The van der Waals surface area contributed by atoms with Crippen molar-refractivity contribution in [2.75, 3.05) is 49.1 Å². The van der Waals surface area contributed by atoms with E-state index in [1.807, 2.05) is 17.0 Å². The van der Waals surface area contributed by atoms with Crippen molar-refractivity contribution in [3.63, 3.8) is 0 Å². The third-order valence-electron chi connectivity index (χ3n) is 5.83. The first kappa shape index (κ1) is 22.9. The van der Waals surface area contributed by atoms with Crippen LogP contribution in [0.2, 0.25) is 0 Å². The molecule has 1 aromatic carbocycles. The number of aromatic nitrogens is 1. The fraction of sp³-hybridized carbons (Fsp3) is 0.435. The van der Waals surface area contributed by atoms with Crippen LogP contribution in [-0.4, -0.2) is 61.0 Å². The van der Waals surface area contributed by atoms with Crippen LogP contribution in [0.15, 0.2) is 42.6 Å². The zero-order valence-electron chi connectivity index (χ0n) is 18.1. The number of benzene rings is 1. The normalized spacial score (nSPS) is 17.3. The van der Waals surface area contributed by atoms with Crippen LogP contribution in [-0.2, 0) is 15.8 Å². The SMILES string of the molecule is O=C(COc1ccc(N2CCCC2=O)cc1)N1CCCN(c2ccc(C(F)(F)F)cn2)CC1. The van der Waals surface area contributed by atoms with Gasteiger partial charge in [-0.1, -0.05) is 0 Å². The van der Waals surface area contributed by atoms with Crippen LogP contribution in [0.4, 0.5) is 24.7 Å². The summed E-state index contributed by atoms with van der Waals surface area (Å²) in [7, 11) is 0. The first-order valence-electron chi connectivity index (χ1n) is 10.9. The number of hydrogen-bond donors (Lipinski definition) is 0. The van der Waals surface area contributed by atoms with Gasteiger partial charge in [-0.3, -0.25) is 9.59 Å². The van der Waals surface area contributed by atoms with E-state index in [-0.39, 0.29) is 18.4 Å². The molecule has 0 spiro atoms. The quantitative estimate of drug-likeness (QED) is 0.682. The first-order valence-corrected chi connectivity index (χ1v) is 10.9. The lowest BCUT2D eigenvalue weighted by atomic mass is 10.2. The van der Waals surface area contributed by atoms with Crippen LogP contribution >= 0.6 is 0 Å². The average molecular weight is 462 g/mol. The van der Waals surface area contributed by atoms with Crippen LogP contribution in [0.3, 0.4) is 0 Å². The Morgan fingerprint density at radius 2 is 1.76 bits per heavy atom. The molecule has 0 aliphatic carbocycles. The monoisotopic (exact) mass is 462 g/mol. The molecule has 2 amide bonds. The van der Waals surface area contributed by atoms with E-state index in [9.17, 15) is 22.8 Å². The van der Waals surface area contributed by atoms with Crippen molar-refractivity contribution in [3.05, 3.63) is 48.2 Å². The fourth-order valence-electron chi connectivity index (χ4n) is 4.02. The number of carbonyl (C=O) groups is 2. The van der Waals surface area contributed by atoms with E-state index in [1.165, 1.54) is 6.07 Å². The number of amides is 2. The second-order valence-corrected chi connectivity index (χ2v) is 8.06. The zero-order chi connectivity index (χ0) is 23.4. The number of anilines is 2. The van der Waals surface area contributed by atoms with Gasteiger partial charge in [0.25, 0.3) is 5.91 Å². The lowest BCUT2D eigenvalue weighted by Gasteiger charge is -2.23. The minimum absolute atomic E-state index is 0.111. The number of pyridine rings is 1. The van der Waals surface area contributed by atoms with Crippen LogP contribution in [0.25, 0.3) is 0 Å². The number of ether oxygens (including phenoxy) is 1. The van der Waals surface area contributed by atoms with Crippen molar-refractivity contribution in [1.29, 1.82) is 0 Å². The smallest absolute Gasteiger partial charge is 0.417 e. The molecule has 0 unspecified atom stereocenters.